The second-order valence-electron chi connectivity index (χ2n) is 5.07. The Bertz CT molecular complexity index is 543. The van der Waals surface area contributed by atoms with Gasteiger partial charge in [0.05, 0.1) is 0 Å². The van der Waals surface area contributed by atoms with Gasteiger partial charge in [-0.05, 0) is 12.0 Å². The highest BCUT2D eigenvalue weighted by Crippen LogP contribution is 2.33. The van der Waals surface area contributed by atoms with Crippen LogP contribution in [0.25, 0.3) is 0 Å². The maximum absolute atomic E-state index is 10.8. The number of rotatable bonds is 4. The Hall–Kier alpha value is -1.88. The largest absolute Gasteiger partial charge is 0.480 e. The minimum atomic E-state index is -0.888. The Morgan fingerprint density at radius 1 is 1.55 bits per heavy atom. The number of ether oxygens (including phenoxy) is 1. The third-order valence-corrected chi connectivity index (χ3v) is 3.57. The van der Waals surface area contributed by atoms with Crippen molar-refractivity contribution >= 4 is 23.1 Å². The second-order valence-corrected chi connectivity index (χ2v) is 5.54. The molecule has 0 spiro atoms. The molecule has 0 saturated heterocycles. The van der Waals surface area contributed by atoms with Crippen molar-refractivity contribution in [2.24, 2.45) is 11.8 Å². The maximum atomic E-state index is 10.8. The number of nitrogens with zero attached hydrogens (tertiary/aromatic N) is 1. The molecule has 106 valence electrons. The van der Waals surface area contributed by atoms with Crippen LogP contribution in [-0.4, -0.2) is 27.4 Å². The Balaban J connectivity index is 2.27. The molecule has 0 radical (unpaired) electrons. The molecule has 0 saturated carbocycles. The molecule has 1 N–H and O–H groups in total. The predicted molar refractivity (Wildman–Crippen MR) is 80.8 cm³/mol. The van der Waals surface area contributed by atoms with Gasteiger partial charge in [0.2, 0.25) is 0 Å². The van der Waals surface area contributed by atoms with E-state index in [4.69, 9.17) is 22.1 Å². The van der Waals surface area contributed by atoms with Crippen molar-refractivity contribution in [3.63, 3.8) is 0 Å². The van der Waals surface area contributed by atoms with Gasteiger partial charge in [0.25, 0.3) is 0 Å². The third kappa shape index (κ3) is 3.17. The first-order valence-electron chi connectivity index (χ1n) is 6.44. The van der Waals surface area contributed by atoms with Gasteiger partial charge in [0, 0.05) is 28.8 Å². The first-order valence-corrected chi connectivity index (χ1v) is 6.85. The highest BCUT2D eigenvalue weighted by Gasteiger charge is 2.27. The number of thiocarbonyl (C=S) groups is 1. The predicted octanol–water partition coefficient (Wildman–Crippen LogP) is 2.85. The van der Waals surface area contributed by atoms with E-state index in [-0.39, 0.29) is 12.5 Å². The summed E-state index contributed by atoms with van der Waals surface area (Å²) in [4.78, 5) is 13.2. The molecular weight excluding hydrogens is 274 g/mol. The fourth-order valence-corrected chi connectivity index (χ4v) is 2.81. The van der Waals surface area contributed by atoms with Gasteiger partial charge in [-0.15, -0.1) is 0 Å². The lowest BCUT2D eigenvalue weighted by atomic mass is 9.81. The van der Waals surface area contributed by atoms with Crippen LogP contribution in [0.15, 0.2) is 48.2 Å². The molecule has 0 aromatic heterocycles. The van der Waals surface area contributed by atoms with Gasteiger partial charge < -0.3 is 14.7 Å². The van der Waals surface area contributed by atoms with E-state index in [2.05, 4.69) is 13.8 Å². The van der Waals surface area contributed by atoms with Crippen LogP contribution in [0.5, 0.6) is 0 Å². The SMILES string of the molecule is CC(C)C1C(=S)C=CC=C1C1=CN(CC(=O)O)C=CO1. The van der Waals surface area contributed by atoms with Crippen LogP contribution in [-0.2, 0) is 9.53 Å². The molecule has 0 aromatic carbocycles. The number of aliphatic carboxylic acids is 1. The molecular formula is C15H17NO3S. The molecule has 1 atom stereocenters. The Kier molecular flexibility index (Phi) is 4.39. The zero-order valence-corrected chi connectivity index (χ0v) is 12.3. The van der Waals surface area contributed by atoms with Crippen LogP contribution in [0.3, 0.4) is 0 Å². The number of hydrogen-bond acceptors (Lipinski definition) is 4. The van der Waals surface area contributed by atoms with E-state index in [1.165, 1.54) is 6.26 Å². The first-order chi connectivity index (χ1) is 9.49. The number of hydrogen-bond donors (Lipinski definition) is 1. The number of carboxylic acid groups (broad SMARTS) is 1. The van der Waals surface area contributed by atoms with Crippen molar-refractivity contribution in [3.8, 4) is 0 Å². The summed E-state index contributed by atoms with van der Waals surface area (Å²) in [7, 11) is 0. The molecule has 0 fully saturated rings. The van der Waals surface area contributed by atoms with E-state index in [0.29, 0.717) is 11.7 Å². The topological polar surface area (TPSA) is 49.8 Å². The van der Waals surface area contributed by atoms with Crippen molar-refractivity contribution in [1.82, 2.24) is 4.90 Å². The van der Waals surface area contributed by atoms with E-state index < -0.39 is 5.97 Å². The molecule has 0 aromatic rings. The Morgan fingerprint density at radius 2 is 2.30 bits per heavy atom. The van der Waals surface area contributed by atoms with Crippen molar-refractivity contribution in [2.75, 3.05) is 6.54 Å². The van der Waals surface area contributed by atoms with E-state index in [0.717, 1.165) is 10.4 Å². The number of carboxylic acids is 1. The van der Waals surface area contributed by atoms with Gasteiger partial charge in [-0.3, -0.25) is 4.79 Å². The molecule has 2 aliphatic rings. The van der Waals surface area contributed by atoms with E-state index >= 15 is 0 Å². The van der Waals surface area contributed by atoms with E-state index in [1.54, 1.807) is 17.3 Å². The molecule has 20 heavy (non-hydrogen) atoms. The van der Waals surface area contributed by atoms with E-state index in [9.17, 15) is 4.79 Å². The van der Waals surface area contributed by atoms with Gasteiger partial charge in [-0.25, -0.2) is 0 Å². The molecule has 5 heteroatoms. The average molecular weight is 291 g/mol. The smallest absolute Gasteiger partial charge is 0.323 e. The molecule has 1 heterocycles. The molecule has 0 bridgehead atoms. The molecule has 1 aliphatic heterocycles. The summed E-state index contributed by atoms with van der Waals surface area (Å²) < 4.78 is 5.54. The lowest BCUT2D eigenvalue weighted by Gasteiger charge is -2.29. The summed E-state index contributed by atoms with van der Waals surface area (Å²) in [5, 5.41) is 8.85. The quantitative estimate of drug-likeness (QED) is 0.807. The van der Waals surface area contributed by atoms with Gasteiger partial charge >= 0.3 is 5.97 Å². The molecule has 0 amide bonds. The fourth-order valence-electron chi connectivity index (χ4n) is 2.33. The Morgan fingerprint density at radius 3 is 2.95 bits per heavy atom. The lowest BCUT2D eigenvalue weighted by Crippen LogP contribution is -2.26. The summed E-state index contributed by atoms with van der Waals surface area (Å²) in [5.41, 5.74) is 0.993. The molecule has 1 unspecified atom stereocenters. The summed E-state index contributed by atoms with van der Waals surface area (Å²) in [5.74, 6) is 0.223. The zero-order chi connectivity index (χ0) is 14.7. The van der Waals surface area contributed by atoms with Crippen LogP contribution in [0, 0.1) is 11.8 Å². The van der Waals surface area contributed by atoms with Crippen molar-refractivity contribution < 1.29 is 14.6 Å². The lowest BCUT2D eigenvalue weighted by molar-refractivity contribution is -0.137. The standard InChI is InChI=1S/C15H17NO3S/c1-10(2)15-11(4-3-5-13(15)20)12-8-16(6-7-19-12)9-14(17)18/h3-8,10,15H,9H2,1-2H3,(H,17,18). The van der Waals surface area contributed by atoms with Gasteiger partial charge in [0.1, 0.15) is 18.6 Å². The summed E-state index contributed by atoms with van der Waals surface area (Å²) in [6.07, 6.45) is 10.6. The van der Waals surface area contributed by atoms with Crippen molar-refractivity contribution in [2.45, 2.75) is 13.8 Å². The van der Waals surface area contributed by atoms with Crippen LogP contribution < -0.4 is 0 Å². The summed E-state index contributed by atoms with van der Waals surface area (Å²) in [6, 6.07) is 0. The van der Waals surface area contributed by atoms with Gasteiger partial charge in [-0.1, -0.05) is 38.2 Å². The molecule has 1 aliphatic carbocycles. The van der Waals surface area contributed by atoms with Crippen LogP contribution >= 0.6 is 12.2 Å². The Labute approximate surface area is 123 Å². The van der Waals surface area contributed by atoms with Gasteiger partial charge in [0.15, 0.2) is 0 Å². The third-order valence-electron chi connectivity index (χ3n) is 3.18. The summed E-state index contributed by atoms with van der Waals surface area (Å²) in [6.45, 7) is 4.12. The maximum Gasteiger partial charge on any atom is 0.323 e. The minimum Gasteiger partial charge on any atom is -0.480 e. The van der Waals surface area contributed by atoms with E-state index in [1.807, 2.05) is 18.2 Å². The highest BCUT2D eigenvalue weighted by molar-refractivity contribution is 7.80. The highest BCUT2D eigenvalue weighted by atomic mass is 32.1. The molecule has 2 rings (SSSR count). The first kappa shape index (κ1) is 14.5. The van der Waals surface area contributed by atoms with Crippen LogP contribution in [0.1, 0.15) is 13.8 Å². The monoisotopic (exact) mass is 291 g/mol. The van der Waals surface area contributed by atoms with Gasteiger partial charge in [-0.2, -0.15) is 0 Å². The van der Waals surface area contributed by atoms with Crippen LogP contribution in [0.4, 0.5) is 0 Å². The van der Waals surface area contributed by atoms with Crippen molar-refractivity contribution in [3.05, 3.63) is 48.2 Å². The minimum absolute atomic E-state index is 0.0940. The molecule has 4 nitrogen and oxygen atoms in total. The zero-order valence-electron chi connectivity index (χ0n) is 11.4. The summed E-state index contributed by atoms with van der Waals surface area (Å²) >= 11 is 5.41. The fraction of sp³-hybridized carbons (Fsp3) is 0.333. The number of carbonyl (C=O) groups is 1. The average Bonchev–Trinajstić information content (AvgIpc) is 2.37. The number of allylic oxidation sites excluding steroid dienone is 4. The normalized spacial score (nSPS) is 21.6. The van der Waals surface area contributed by atoms with Crippen LogP contribution in [0.2, 0.25) is 0 Å². The van der Waals surface area contributed by atoms with Crippen molar-refractivity contribution in [1.29, 1.82) is 0 Å². The second kappa shape index (κ2) is 6.05.